The van der Waals surface area contributed by atoms with Crippen molar-refractivity contribution < 1.29 is 14.3 Å². The van der Waals surface area contributed by atoms with Gasteiger partial charge < -0.3 is 15.4 Å². The number of hydrogen-bond acceptors (Lipinski definition) is 3. The maximum Gasteiger partial charge on any atom is 0.251 e. The van der Waals surface area contributed by atoms with Gasteiger partial charge in [0, 0.05) is 24.9 Å². The van der Waals surface area contributed by atoms with Crippen LogP contribution in [0.1, 0.15) is 29.8 Å². The SMILES string of the molecule is COC(C)(C)CNC(=O)c1ccc2c(c1)NC(=O)C2. The largest absolute Gasteiger partial charge is 0.377 e. The first-order valence-electron chi connectivity index (χ1n) is 6.17. The predicted octanol–water partition coefficient (Wildman–Crippen LogP) is 1.34. The van der Waals surface area contributed by atoms with Gasteiger partial charge in [0.1, 0.15) is 0 Å². The summed E-state index contributed by atoms with van der Waals surface area (Å²) in [7, 11) is 1.61. The molecule has 1 aromatic carbocycles. The van der Waals surface area contributed by atoms with E-state index in [9.17, 15) is 9.59 Å². The second-order valence-electron chi connectivity index (χ2n) is 5.24. The van der Waals surface area contributed by atoms with Gasteiger partial charge in [0.15, 0.2) is 0 Å². The van der Waals surface area contributed by atoms with E-state index in [0.717, 1.165) is 11.3 Å². The fourth-order valence-electron chi connectivity index (χ4n) is 1.82. The van der Waals surface area contributed by atoms with Crippen LogP contribution in [0.2, 0.25) is 0 Å². The van der Waals surface area contributed by atoms with Gasteiger partial charge in [0.25, 0.3) is 5.91 Å². The monoisotopic (exact) mass is 262 g/mol. The van der Waals surface area contributed by atoms with E-state index in [4.69, 9.17) is 4.74 Å². The lowest BCUT2D eigenvalue weighted by Gasteiger charge is -2.23. The van der Waals surface area contributed by atoms with Crippen molar-refractivity contribution >= 4 is 17.5 Å². The van der Waals surface area contributed by atoms with Crippen LogP contribution in [0.15, 0.2) is 18.2 Å². The van der Waals surface area contributed by atoms with Crippen LogP contribution < -0.4 is 10.6 Å². The minimum Gasteiger partial charge on any atom is -0.377 e. The number of rotatable bonds is 4. The Bertz CT molecular complexity index is 523. The zero-order valence-corrected chi connectivity index (χ0v) is 11.4. The van der Waals surface area contributed by atoms with E-state index < -0.39 is 5.60 Å². The third-order valence-electron chi connectivity index (χ3n) is 3.22. The van der Waals surface area contributed by atoms with Gasteiger partial charge in [-0.25, -0.2) is 0 Å². The summed E-state index contributed by atoms with van der Waals surface area (Å²) in [6, 6.07) is 5.24. The van der Waals surface area contributed by atoms with Crippen LogP contribution in [0.5, 0.6) is 0 Å². The van der Waals surface area contributed by atoms with Crippen molar-refractivity contribution in [3.05, 3.63) is 29.3 Å². The third-order valence-corrected chi connectivity index (χ3v) is 3.22. The molecule has 1 aliphatic rings. The number of nitrogens with one attached hydrogen (secondary N) is 2. The second kappa shape index (κ2) is 5.01. The zero-order valence-electron chi connectivity index (χ0n) is 11.4. The van der Waals surface area contributed by atoms with Crippen LogP contribution in [0.4, 0.5) is 5.69 Å². The van der Waals surface area contributed by atoms with Crippen LogP contribution in [-0.4, -0.2) is 31.1 Å². The van der Waals surface area contributed by atoms with Crippen LogP contribution >= 0.6 is 0 Å². The van der Waals surface area contributed by atoms with E-state index in [2.05, 4.69) is 10.6 Å². The Morgan fingerprint density at radius 1 is 1.47 bits per heavy atom. The molecule has 0 atom stereocenters. The van der Waals surface area contributed by atoms with Crippen molar-refractivity contribution in [2.75, 3.05) is 19.0 Å². The van der Waals surface area contributed by atoms with Gasteiger partial charge in [-0.2, -0.15) is 0 Å². The molecule has 2 rings (SSSR count). The molecular weight excluding hydrogens is 244 g/mol. The van der Waals surface area contributed by atoms with Gasteiger partial charge >= 0.3 is 0 Å². The molecule has 1 aromatic rings. The molecule has 1 heterocycles. The number of anilines is 1. The lowest BCUT2D eigenvalue weighted by atomic mass is 10.1. The average molecular weight is 262 g/mol. The van der Waals surface area contributed by atoms with E-state index in [0.29, 0.717) is 18.5 Å². The molecule has 102 valence electrons. The highest BCUT2D eigenvalue weighted by atomic mass is 16.5. The number of benzene rings is 1. The summed E-state index contributed by atoms with van der Waals surface area (Å²) >= 11 is 0. The smallest absolute Gasteiger partial charge is 0.251 e. The Morgan fingerprint density at radius 2 is 2.21 bits per heavy atom. The summed E-state index contributed by atoms with van der Waals surface area (Å²) in [5.74, 6) is -0.206. The van der Waals surface area contributed by atoms with Gasteiger partial charge in [-0.05, 0) is 31.5 Å². The molecule has 2 amide bonds. The number of carbonyl (C=O) groups is 2. The summed E-state index contributed by atoms with van der Waals surface area (Å²) in [5, 5.41) is 5.55. The lowest BCUT2D eigenvalue weighted by molar-refractivity contribution is -0.115. The molecule has 2 N–H and O–H groups in total. The Labute approximate surface area is 112 Å². The normalized spacial score (nSPS) is 13.9. The molecule has 0 unspecified atom stereocenters. The highest BCUT2D eigenvalue weighted by Crippen LogP contribution is 2.24. The minimum atomic E-state index is -0.402. The van der Waals surface area contributed by atoms with E-state index >= 15 is 0 Å². The fourth-order valence-corrected chi connectivity index (χ4v) is 1.82. The molecule has 5 heteroatoms. The Hall–Kier alpha value is -1.88. The standard InChI is InChI=1S/C14H18N2O3/c1-14(2,19-3)8-15-13(18)10-5-4-9-7-12(17)16-11(9)6-10/h4-6H,7-8H2,1-3H3,(H,15,18)(H,16,17). The first-order chi connectivity index (χ1) is 8.91. The Kier molecular flexibility index (Phi) is 3.57. The third kappa shape index (κ3) is 3.12. The molecule has 0 spiro atoms. The Balaban J connectivity index is 2.05. The van der Waals surface area contributed by atoms with Crippen molar-refractivity contribution in [2.24, 2.45) is 0 Å². The summed E-state index contributed by atoms with van der Waals surface area (Å²) in [4.78, 5) is 23.3. The van der Waals surface area contributed by atoms with Crippen LogP contribution in [0.25, 0.3) is 0 Å². The van der Waals surface area contributed by atoms with Gasteiger partial charge in [-0.3, -0.25) is 9.59 Å². The topological polar surface area (TPSA) is 67.4 Å². The summed E-state index contributed by atoms with van der Waals surface area (Å²) in [5.41, 5.74) is 1.79. The summed E-state index contributed by atoms with van der Waals surface area (Å²) < 4.78 is 5.24. The number of carbonyl (C=O) groups excluding carboxylic acids is 2. The molecule has 19 heavy (non-hydrogen) atoms. The Morgan fingerprint density at radius 3 is 2.89 bits per heavy atom. The van der Waals surface area contributed by atoms with Gasteiger partial charge in [-0.1, -0.05) is 6.07 Å². The van der Waals surface area contributed by atoms with Crippen molar-refractivity contribution in [3.8, 4) is 0 Å². The zero-order chi connectivity index (χ0) is 14.0. The van der Waals surface area contributed by atoms with Crippen LogP contribution in [0.3, 0.4) is 0 Å². The van der Waals surface area contributed by atoms with Crippen LogP contribution in [-0.2, 0) is 16.0 Å². The maximum atomic E-state index is 12.0. The molecule has 0 aromatic heterocycles. The number of methoxy groups -OCH3 is 1. The minimum absolute atomic E-state index is 0.0342. The highest BCUT2D eigenvalue weighted by molar-refractivity contribution is 6.02. The van der Waals surface area contributed by atoms with Gasteiger partial charge in [-0.15, -0.1) is 0 Å². The maximum absolute atomic E-state index is 12.0. The molecule has 0 saturated heterocycles. The summed E-state index contributed by atoms with van der Waals surface area (Å²) in [6.07, 6.45) is 0.383. The van der Waals surface area contributed by atoms with E-state index in [1.165, 1.54) is 0 Å². The van der Waals surface area contributed by atoms with Crippen molar-refractivity contribution in [1.82, 2.24) is 5.32 Å². The lowest BCUT2D eigenvalue weighted by Crippen LogP contribution is -2.39. The molecule has 0 saturated carbocycles. The van der Waals surface area contributed by atoms with E-state index in [1.54, 1.807) is 19.2 Å². The quantitative estimate of drug-likeness (QED) is 0.860. The first kappa shape index (κ1) is 13.5. The number of ether oxygens (including phenoxy) is 1. The van der Waals surface area contributed by atoms with Gasteiger partial charge in [0.2, 0.25) is 5.91 Å². The first-order valence-corrected chi connectivity index (χ1v) is 6.17. The summed E-state index contributed by atoms with van der Waals surface area (Å²) in [6.45, 7) is 4.22. The molecular formula is C14H18N2O3. The van der Waals surface area contributed by atoms with Crippen molar-refractivity contribution in [2.45, 2.75) is 25.9 Å². The highest BCUT2D eigenvalue weighted by Gasteiger charge is 2.21. The van der Waals surface area contributed by atoms with E-state index in [1.807, 2.05) is 19.9 Å². The second-order valence-corrected chi connectivity index (χ2v) is 5.24. The number of fused-ring (bicyclic) bond motifs is 1. The molecule has 1 aliphatic heterocycles. The fraction of sp³-hybridized carbons (Fsp3) is 0.429. The number of amides is 2. The molecule has 0 fully saturated rings. The van der Waals surface area contributed by atoms with Crippen molar-refractivity contribution in [1.29, 1.82) is 0 Å². The van der Waals surface area contributed by atoms with Crippen molar-refractivity contribution in [3.63, 3.8) is 0 Å². The predicted molar refractivity (Wildman–Crippen MR) is 72.2 cm³/mol. The molecule has 0 aliphatic carbocycles. The average Bonchev–Trinajstić information content (AvgIpc) is 2.75. The van der Waals surface area contributed by atoms with Gasteiger partial charge in [0.05, 0.1) is 12.0 Å². The van der Waals surface area contributed by atoms with Crippen LogP contribution in [0, 0.1) is 0 Å². The molecule has 0 radical (unpaired) electrons. The number of hydrogen-bond donors (Lipinski definition) is 2. The molecule has 5 nitrogen and oxygen atoms in total. The van der Waals surface area contributed by atoms with E-state index in [-0.39, 0.29) is 11.8 Å². The molecule has 0 bridgehead atoms.